The topological polar surface area (TPSA) is 61.8 Å². The number of rotatable bonds is 5. The lowest BCUT2D eigenvalue weighted by molar-refractivity contribution is -0.128. The van der Waals surface area contributed by atoms with Gasteiger partial charge in [0, 0.05) is 23.2 Å². The smallest absolute Gasteiger partial charge is 0.242 e. The number of nitrogens with zero attached hydrogens (tertiary/aromatic N) is 2. The van der Waals surface area contributed by atoms with Crippen molar-refractivity contribution in [2.24, 2.45) is 4.99 Å². The quantitative estimate of drug-likeness (QED) is 0.676. The number of amides is 2. The predicted molar refractivity (Wildman–Crippen MR) is 124 cm³/mol. The van der Waals surface area contributed by atoms with Crippen LogP contribution in [0.25, 0.3) is 0 Å². The number of aliphatic imine (C=N–C) groups is 1. The number of nitrogens with one attached hydrogen (secondary N) is 1. The van der Waals surface area contributed by atoms with Gasteiger partial charge in [0.1, 0.15) is 5.25 Å². The Hall–Kier alpha value is -2.31. The van der Waals surface area contributed by atoms with Crippen molar-refractivity contribution < 1.29 is 9.59 Å². The molecule has 1 N–H and O–H groups in total. The number of benzene rings is 2. The normalized spacial score (nSPS) is 20.1. The zero-order chi connectivity index (χ0) is 21.4. The molecule has 1 atom stereocenters. The molecule has 7 heteroatoms. The van der Waals surface area contributed by atoms with Gasteiger partial charge in [-0.1, -0.05) is 41.6 Å². The molecule has 1 saturated heterocycles. The molecule has 30 heavy (non-hydrogen) atoms. The fourth-order valence-electron chi connectivity index (χ4n) is 3.36. The maximum Gasteiger partial charge on any atom is 0.242 e. The van der Waals surface area contributed by atoms with E-state index in [9.17, 15) is 9.59 Å². The Morgan fingerprint density at radius 2 is 1.90 bits per heavy atom. The van der Waals surface area contributed by atoms with Gasteiger partial charge in [0.2, 0.25) is 11.8 Å². The molecule has 2 amide bonds. The summed E-state index contributed by atoms with van der Waals surface area (Å²) in [6.45, 7) is 5.88. The van der Waals surface area contributed by atoms with Crippen LogP contribution in [0.5, 0.6) is 0 Å². The molecule has 1 heterocycles. The van der Waals surface area contributed by atoms with Gasteiger partial charge in [0.25, 0.3) is 0 Å². The summed E-state index contributed by atoms with van der Waals surface area (Å²) in [6, 6.07) is 11.7. The molecule has 1 unspecified atom stereocenters. The Bertz CT molecular complexity index is 1050. The molecule has 1 saturated carbocycles. The number of hydrogen-bond donors (Lipinski definition) is 1. The molecule has 1 aliphatic heterocycles. The van der Waals surface area contributed by atoms with Gasteiger partial charge in [-0.25, -0.2) is 4.99 Å². The second-order valence-electron chi connectivity index (χ2n) is 7.94. The fourth-order valence-corrected chi connectivity index (χ4v) is 4.75. The van der Waals surface area contributed by atoms with E-state index in [1.54, 1.807) is 11.0 Å². The number of halogens is 1. The minimum atomic E-state index is -0.463. The lowest BCUT2D eigenvalue weighted by Crippen LogP contribution is -2.35. The summed E-state index contributed by atoms with van der Waals surface area (Å²) in [5, 5.41) is 3.80. The summed E-state index contributed by atoms with van der Waals surface area (Å²) >= 11 is 7.60. The Labute approximate surface area is 185 Å². The number of thioether (sulfide) groups is 1. The summed E-state index contributed by atoms with van der Waals surface area (Å²) in [7, 11) is 0. The van der Waals surface area contributed by atoms with Crippen molar-refractivity contribution in [1.29, 1.82) is 0 Å². The number of hydrogen-bond acceptors (Lipinski definition) is 4. The van der Waals surface area contributed by atoms with Crippen molar-refractivity contribution in [2.75, 3.05) is 5.32 Å². The summed E-state index contributed by atoms with van der Waals surface area (Å²) in [6.07, 6.45) is 2.07. The van der Waals surface area contributed by atoms with Gasteiger partial charge in [-0.2, -0.15) is 0 Å². The van der Waals surface area contributed by atoms with E-state index >= 15 is 0 Å². The van der Waals surface area contributed by atoms with E-state index in [2.05, 4.69) is 10.3 Å². The van der Waals surface area contributed by atoms with Crippen molar-refractivity contribution in [3.63, 3.8) is 0 Å². The Kier molecular flexibility index (Phi) is 5.89. The summed E-state index contributed by atoms with van der Waals surface area (Å²) in [4.78, 5) is 32.2. The van der Waals surface area contributed by atoms with Crippen LogP contribution >= 0.6 is 23.4 Å². The molecule has 0 bridgehead atoms. The maximum atomic E-state index is 13.0. The van der Waals surface area contributed by atoms with E-state index in [1.165, 1.54) is 11.8 Å². The molecule has 0 aromatic heterocycles. The highest BCUT2D eigenvalue weighted by molar-refractivity contribution is 8.15. The molecule has 0 spiro atoms. The van der Waals surface area contributed by atoms with Crippen LogP contribution in [-0.2, 0) is 9.59 Å². The molecule has 4 rings (SSSR count). The third-order valence-electron chi connectivity index (χ3n) is 5.30. The molecule has 2 aromatic carbocycles. The van der Waals surface area contributed by atoms with Crippen LogP contribution in [0.15, 0.2) is 41.4 Å². The fraction of sp³-hybridized carbons (Fsp3) is 0.348. The van der Waals surface area contributed by atoms with Gasteiger partial charge in [-0.3, -0.25) is 14.5 Å². The predicted octanol–water partition coefficient (Wildman–Crippen LogP) is 5.39. The zero-order valence-corrected chi connectivity index (χ0v) is 18.8. The van der Waals surface area contributed by atoms with Crippen LogP contribution in [0.3, 0.4) is 0 Å². The minimum Gasteiger partial charge on any atom is -0.326 e. The first-order valence-corrected chi connectivity index (χ1v) is 11.3. The van der Waals surface area contributed by atoms with Crippen LogP contribution in [0.1, 0.15) is 36.0 Å². The first-order valence-electron chi connectivity index (χ1n) is 10.0. The van der Waals surface area contributed by atoms with E-state index in [1.807, 2.05) is 51.1 Å². The molecule has 2 aliphatic rings. The minimum absolute atomic E-state index is 0.0319. The summed E-state index contributed by atoms with van der Waals surface area (Å²) in [5.74, 6) is -0.194. The van der Waals surface area contributed by atoms with Gasteiger partial charge in [-0.15, -0.1) is 0 Å². The summed E-state index contributed by atoms with van der Waals surface area (Å²) < 4.78 is 0. The maximum absolute atomic E-state index is 13.0. The number of anilines is 1. The lowest BCUT2D eigenvalue weighted by atomic mass is 10.1. The second-order valence-corrected chi connectivity index (χ2v) is 9.52. The Balaban J connectivity index is 1.51. The van der Waals surface area contributed by atoms with Crippen LogP contribution in [-0.4, -0.2) is 33.2 Å². The van der Waals surface area contributed by atoms with Crippen molar-refractivity contribution in [3.8, 4) is 0 Å². The lowest BCUT2D eigenvalue weighted by Gasteiger charge is -2.15. The van der Waals surface area contributed by atoms with E-state index < -0.39 is 5.25 Å². The third-order valence-corrected chi connectivity index (χ3v) is 6.86. The zero-order valence-electron chi connectivity index (χ0n) is 17.2. The molecule has 2 fully saturated rings. The standard InChI is InChI=1S/C23H24ClN3O2S/c1-13-4-5-15(3)19(10-13)26-21(28)12-20-22(29)27(17-8-9-17)23(30-20)25-16-7-6-14(2)18(24)11-16/h4-7,10-11,17,20H,8-9,12H2,1-3H3,(H,26,28). The first-order chi connectivity index (χ1) is 14.3. The molecule has 5 nitrogen and oxygen atoms in total. The van der Waals surface area contributed by atoms with Crippen molar-refractivity contribution in [2.45, 2.75) is 51.3 Å². The van der Waals surface area contributed by atoms with E-state index in [-0.39, 0.29) is 24.3 Å². The molecule has 1 aliphatic carbocycles. The third kappa shape index (κ3) is 4.55. The van der Waals surface area contributed by atoms with Crippen molar-refractivity contribution in [3.05, 3.63) is 58.1 Å². The van der Waals surface area contributed by atoms with Crippen molar-refractivity contribution >= 4 is 51.7 Å². The Morgan fingerprint density at radius 3 is 2.60 bits per heavy atom. The van der Waals surface area contributed by atoms with Crippen LogP contribution < -0.4 is 5.32 Å². The number of amidine groups is 1. The molecular formula is C23H24ClN3O2S. The second kappa shape index (κ2) is 8.44. The molecule has 156 valence electrons. The van der Waals surface area contributed by atoms with Crippen LogP contribution in [0.4, 0.5) is 11.4 Å². The SMILES string of the molecule is Cc1ccc(C)c(NC(=O)CC2SC(=Nc3ccc(C)c(Cl)c3)N(C3CC3)C2=O)c1. The van der Waals surface area contributed by atoms with E-state index in [4.69, 9.17) is 11.6 Å². The highest BCUT2D eigenvalue weighted by atomic mass is 35.5. The average molecular weight is 442 g/mol. The monoisotopic (exact) mass is 441 g/mol. The van der Waals surface area contributed by atoms with Gasteiger partial charge >= 0.3 is 0 Å². The molecule has 2 aromatic rings. The summed E-state index contributed by atoms with van der Waals surface area (Å²) in [5.41, 5.74) is 4.56. The van der Waals surface area contributed by atoms with Gasteiger partial charge in [-0.05, 0) is 68.5 Å². The highest BCUT2D eigenvalue weighted by Gasteiger charge is 2.46. The largest absolute Gasteiger partial charge is 0.326 e. The number of carbonyl (C=O) groups excluding carboxylic acids is 2. The molecular weight excluding hydrogens is 418 g/mol. The van der Waals surface area contributed by atoms with Gasteiger partial charge in [0.15, 0.2) is 5.17 Å². The number of carbonyl (C=O) groups is 2. The Morgan fingerprint density at radius 1 is 1.17 bits per heavy atom. The van der Waals surface area contributed by atoms with Crippen LogP contribution in [0.2, 0.25) is 5.02 Å². The van der Waals surface area contributed by atoms with E-state index in [0.717, 1.165) is 35.2 Å². The highest BCUT2D eigenvalue weighted by Crippen LogP contribution is 2.39. The molecule has 0 radical (unpaired) electrons. The van der Waals surface area contributed by atoms with Gasteiger partial charge in [0.05, 0.1) is 5.69 Å². The first kappa shape index (κ1) is 20.9. The van der Waals surface area contributed by atoms with Gasteiger partial charge < -0.3 is 5.32 Å². The van der Waals surface area contributed by atoms with Crippen molar-refractivity contribution in [1.82, 2.24) is 4.90 Å². The average Bonchev–Trinajstić information content (AvgIpc) is 3.47. The van der Waals surface area contributed by atoms with Crippen LogP contribution in [0, 0.1) is 20.8 Å². The van der Waals surface area contributed by atoms with E-state index in [0.29, 0.717) is 15.9 Å². The number of aryl methyl sites for hydroxylation is 3.